The van der Waals surface area contributed by atoms with Crippen LogP contribution in [0.1, 0.15) is 31.1 Å². The van der Waals surface area contributed by atoms with Gasteiger partial charge in [0.05, 0.1) is 5.56 Å². The summed E-state index contributed by atoms with van der Waals surface area (Å²) in [7, 11) is -3.86. The number of hydrogen-bond donors (Lipinski definition) is 2. The van der Waals surface area contributed by atoms with Crippen molar-refractivity contribution < 1.29 is 13.2 Å². The maximum Gasteiger partial charge on any atom is 0.259 e. The van der Waals surface area contributed by atoms with Crippen LogP contribution in [0.15, 0.2) is 23.4 Å². The molecule has 94 valence electrons. The zero-order valence-electron chi connectivity index (χ0n) is 9.89. The van der Waals surface area contributed by atoms with Gasteiger partial charge in [0.2, 0.25) is 0 Å². The summed E-state index contributed by atoms with van der Waals surface area (Å²) in [5, 5.41) is -0.345. The minimum Gasteiger partial charge on any atom is -0.366 e. The fraction of sp³-hybridized carbons (Fsp3) is 0.400. The molecule has 0 aliphatic heterocycles. The van der Waals surface area contributed by atoms with E-state index in [0.29, 0.717) is 0 Å². The number of nitrogens with zero attached hydrogens (tertiary/aromatic N) is 1. The van der Waals surface area contributed by atoms with Gasteiger partial charge in [0.15, 0.2) is 5.03 Å². The molecule has 3 N–H and O–H groups in total. The first kappa shape index (κ1) is 13.6. The topological polar surface area (TPSA) is 102 Å². The van der Waals surface area contributed by atoms with E-state index < -0.39 is 21.5 Å². The Hall–Kier alpha value is -1.47. The first-order valence-electron chi connectivity index (χ1n) is 4.92. The average molecular weight is 257 g/mol. The van der Waals surface area contributed by atoms with E-state index in [1.165, 1.54) is 18.3 Å². The highest BCUT2D eigenvalue weighted by Gasteiger charge is 2.27. The van der Waals surface area contributed by atoms with E-state index in [0.717, 1.165) is 0 Å². The van der Waals surface area contributed by atoms with E-state index in [2.05, 4.69) is 9.71 Å². The second kappa shape index (κ2) is 4.42. The number of pyridine rings is 1. The van der Waals surface area contributed by atoms with Gasteiger partial charge in [0, 0.05) is 11.7 Å². The van der Waals surface area contributed by atoms with Crippen molar-refractivity contribution in [2.75, 3.05) is 0 Å². The Balaban J connectivity index is 3.30. The SMILES string of the molecule is CC(C)(C)NS(=O)(=O)c1ncccc1C(N)=O. The number of sulfonamides is 1. The van der Waals surface area contributed by atoms with Crippen molar-refractivity contribution in [1.82, 2.24) is 9.71 Å². The molecule has 1 heterocycles. The summed E-state index contributed by atoms with van der Waals surface area (Å²) in [4.78, 5) is 14.8. The van der Waals surface area contributed by atoms with Gasteiger partial charge < -0.3 is 5.73 Å². The number of carbonyl (C=O) groups excluding carboxylic acids is 1. The molecule has 1 aromatic heterocycles. The summed E-state index contributed by atoms with van der Waals surface area (Å²) >= 11 is 0. The van der Waals surface area contributed by atoms with Crippen molar-refractivity contribution >= 4 is 15.9 Å². The van der Waals surface area contributed by atoms with Crippen molar-refractivity contribution in [3.05, 3.63) is 23.9 Å². The molecular formula is C10H15N3O3S. The van der Waals surface area contributed by atoms with E-state index in [1.54, 1.807) is 20.8 Å². The quantitative estimate of drug-likeness (QED) is 0.810. The zero-order chi connectivity index (χ0) is 13.3. The smallest absolute Gasteiger partial charge is 0.259 e. The van der Waals surface area contributed by atoms with Crippen molar-refractivity contribution in [3.8, 4) is 0 Å². The van der Waals surface area contributed by atoms with Crippen LogP contribution < -0.4 is 10.5 Å². The number of nitrogens with one attached hydrogen (secondary N) is 1. The Bertz CT molecular complexity index is 532. The number of hydrogen-bond acceptors (Lipinski definition) is 4. The number of amides is 1. The summed E-state index contributed by atoms with van der Waals surface area (Å²) in [6, 6.07) is 2.78. The molecule has 17 heavy (non-hydrogen) atoms. The lowest BCUT2D eigenvalue weighted by Gasteiger charge is -2.20. The van der Waals surface area contributed by atoms with E-state index in [1.807, 2.05) is 0 Å². The van der Waals surface area contributed by atoms with Crippen LogP contribution in [0.5, 0.6) is 0 Å². The molecule has 0 fully saturated rings. The summed E-state index contributed by atoms with van der Waals surface area (Å²) < 4.78 is 26.4. The molecule has 0 radical (unpaired) electrons. The molecule has 0 spiro atoms. The molecule has 0 saturated carbocycles. The van der Waals surface area contributed by atoms with Crippen LogP contribution in [0.3, 0.4) is 0 Å². The molecule has 0 aromatic carbocycles. The van der Waals surface area contributed by atoms with Crippen LogP contribution in [0.25, 0.3) is 0 Å². The Morgan fingerprint density at radius 2 is 2.00 bits per heavy atom. The van der Waals surface area contributed by atoms with Gasteiger partial charge in [-0.1, -0.05) is 0 Å². The van der Waals surface area contributed by atoms with Crippen molar-refractivity contribution in [2.24, 2.45) is 5.73 Å². The molecule has 0 atom stereocenters. The third kappa shape index (κ3) is 3.50. The standard InChI is InChI=1S/C10H15N3O3S/c1-10(2,3)13-17(15,16)9-7(8(11)14)5-4-6-12-9/h4-6,13H,1-3H3,(H2,11,14). The highest BCUT2D eigenvalue weighted by molar-refractivity contribution is 7.89. The molecule has 1 amide bonds. The van der Waals surface area contributed by atoms with Gasteiger partial charge in [0.25, 0.3) is 15.9 Å². The number of carbonyl (C=O) groups is 1. The van der Waals surface area contributed by atoms with E-state index >= 15 is 0 Å². The summed E-state index contributed by atoms with van der Waals surface area (Å²) in [5.74, 6) is -0.826. The second-order valence-corrected chi connectivity index (χ2v) is 6.17. The Labute approximate surface area is 100 Å². The average Bonchev–Trinajstić information content (AvgIpc) is 2.14. The summed E-state index contributed by atoms with van der Waals surface area (Å²) in [6.45, 7) is 5.08. The van der Waals surface area contributed by atoms with Gasteiger partial charge in [0.1, 0.15) is 0 Å². The summed E-state index contributed by atoms with van der Waals surface area (Å²) in [6.07, 6.45) is 1.30. The van der Waals surface area contributed by atoms with Crippen LogP contribution in [0.2, 0.25) is 0 Å². The van der Waals surface area contributed by atoms with Gasteiger partial charge in [-0.2, -0.15) is 0 Å². The monoisotopic (exact) mass is 257 g/mol. The van der Waals surface area contributed by atoms with Crippen molar-refractivity contribution in [1.29, 1.82) is 0 Å². The van der Waals surface area contributed by atoms with E-state index in [9.17, 15) is 13.2 Å². The molecule has 1 rings (SSSR count). The van der Waals surface area contributed by atoms with Crippen LogP contribution in [0, 0.1) is 0 Å². The fourth-order valence-electron chi connectivity index (χ4n) is 1.24. The van der Waals surface area contributed by atoms with Crippen LogP contribution in [-0.2, 0) is 10.0 Å². The molecule has 0 aliphatic carbocycles. The van der Waals surface area contributed by atoms with Crippen LogP contribution in [-0.4, -0.2) is 24.8 Å². The first-order valence-corrected chi connectivity index (χ1v) is 6.40. The Kier molecular flexibility index (Phi) is 3.53. The number of aromatic nitrogens is 1. The predicted molar refractivity (Wildman–Crippen MR) is 62.8 cm³/mol. The largest absolute Gasteiger partial charge is 0.366 e. The molecule has 0 aliphatic rings. The lowest BCUT2D eigenvalue weighted by atomic mass is 10.1. The Morgan fingerprint density at radius 1 is 1.41 bits per heavy atom. The second-order valence-electron chi connectivity index (χ2n) is 4.58. The van der Waals surface area contributed by atoms with Gasteiger partial charge >= 0.3 is 0 Å². The predicted octanol–water partition coefficient (Wildman–Crippen LogP) is 0.257. The molecule has 7 heteroatoms. The van der Waals surface area contributed by atoms with Gasteiger partial charge in [-0.25, -0.2) is 18.1 Å². The van der Waals surface area contributed by atoms with Gasteiger partial charge in [-0.05, 0) is 32.9 Å². The van der Waals surface area contributed by atoms with E-state index in [-0.39, 0.29) is 10.6 Å². The fourth-order valence-corrected chi connectivity index (χ4v) is 2.80. The summed E-state index contributed by atoms with van der Waals surface area (Å²) in [5.41, 5.74) is 4.32. The Morgan fingerprint density at radius 3 is 2.47 bits per heavy atom. The van der Waals surface area contributed by atoms with Crippen molar-refractivity contribution in [2.45, 2.75) is 31.3 Å². The molecule has 0 bridgehead atoms. The highest BCUT2D eigenvalue weighted by Crippen LogP contribution is 2.14. The highest BCUT2D eigenvalue weighted by atomic mass is 32.2. The van der Waals surface area contributed by atoms with Gasteiger partial charge in [-0.3, -0.25) is 4.79 Å². The third-order valence-electron chi connectivity index (χ3n) is 1.73. The number of rotatable bonds is 3. The van der Waals surface area contributed by atoms with Crippen LogP contribution >= 0.6 is 0 Å². The minimum atomic E-state index is -3.86. The molecule has 1 aromatic rings. The van der Waals surface area contributed by atoms with E-state index in [4.69, 9.17) is 5.73 Å². The zero-order valence-corrected chi connectivity index (χ0v) is 10.7. The normalized spacial score (nSPS) is 12.4. The minimum absolute atomic E-state index is 0.121. The number of primary amides is 1. The molecular weight excluding hydrogens is 242 g/mol. The lowest BCUT2D eigenvalue weighted by molar-refractivity contribution is 0.0996. The maximum absolute atomic E-state index is 12.0. The number of nitrogens with two attached hydrogens (primary N) is 1. The molecule has 0 unspecified atom stereocenters. The first-order chi connectivity index (χ1) is 7.63. The van der Waals surface area contributed by atoms with Gasteiger partial charge in [-0.15, -0.1) is 0 Å². The van der Waals surface area contributed by atoms with Crippen LogP contribution in [0.4, 0.5) is 0 Å². The van der Waals surface area contributed by atoms with Crippen molar-refractivity contribution in [3.63, 3.8) is 0 Å². The maximum atomic E-state index is 12.0. The molecule has 6 nitrogen and oxygen atoms in total. The lowest BCUT2D eigenvalue weighted by Crippen LogP contribution is -2.41. The molecule has 0 saturated heterocycles. The third-order valence-corrected chi connectivity index (χ3v) is 3.45.